The van der Waals surface area contributed by atoms with Gasteiger partial charge in [0, 0.05) is 30.4 Å². The summed E-state index contributed by atoms with van der Waals surface area (Å²) in [5.41, 5.74) is 1.70. The molecule has 0 bridgehead atoms. The number of hydrogen-bond acceptors (Lipinski definition) is 4. The Hall–Kier alpha value is -2.21. The van der Waals surface area contributed by atoms with E-state index in [0.717, 1.165) is 42.4 Å². The average Bonchev–Trinajstić information content (AvgIpc) is 3.06. The van der Waals surface area contributed by atoms with Gasteiger partial charge in [0.2, 0.25) is 0 Å². The number of ether oxygens (including phenoxy) is 1. The van der Waals surface area contributed by atoms with Crippen molar-refractivity contribution in [2.45, 2.75) is 58.6 Å². The number of nitrogens with zero attached hydrogens (tertiary/aromatic N) is 3. The molecule has 6 heteroatoms. The highest BCUT2D eigenvalue weighted by Crippen LogP contribution is 2.34. The van der Waals surface area contributed by atoms with Crippen molar-refractivity contribution in [3.63, 3.8) is 0 Å². The highest BCUT2D eigenvalue weighted by atomic mass is 16.5. The minimum atomic E-state index is -0.850. The molecule has 0 spiro atoms. The molecule has 1 aliphatic heterocycles. The van der Waals surface area contributed by atoms with Gasteiger partial charge in [0.15, 0.2) is 5.65 Å². The second-order valence-corrected chi connectivity index (χ2v) is 8.29. The van der Waals surface area contributed by atoms with Gasteiger partial charge in [-0.05, 0) is 55.4 Å². The van der Waals surface area contributed by atoms with E-state index in [2.05, 4.69) is 42.9 Å². The summed E-state index contributed by atoms with van der Waals surface area (Å²) in [5.74, 6) is 0. The van der Waals surface area contributed by atoms with Gasteiger partial charge in [0.25, 0.3) is 0 Å². The zero-order valence-corrected chi connectivity index (χ0v) is 16.4. The van der Waals surface area contributed by atoms with Crippen LogP contribution in [-0.4, -0.2) is 51.4 Å². The van der Waals surface area contributed by atoms with Crippen molar-refractivity contribution in [2.75, 3.05) is 13.2 Å². The van der Waals surface area contributed by atoms with Crippen LogP contribution in [0.3, 0.4) is 0 Å². The van der Waals surface area contributed by atoms with Crippen molar-refractivity contribution in [2.24, 2.45) is 5.41 Å². The molecule has 1 amide bonds. The fraction of sp³-hybridized carbons (Fsp3) is 0.571. The molecule has 0 saturated carbocycles. The third-order valence-electron chi connectivity index (χ3n) is 5.16. The first-order chi connectivity index (χ1) is 12.9. The van der Waals surface area contributed by atoms with Gasteiger partial charge in [-0.3, -0.25) is 0 Å². The van der Waals surface area contributed by atoms with Crippen LogP contribution in [0.25, 0.3) is 11.0 Å². The van der Waals surface area contributed by atoms with Crippen LogP contribution in [0.1, 0.15) is 45.7 Å². The molecule has 2 atom stereocenters. The molecule has 6 nitrogen and oxygen atoms in total. The van der Waals surface area contributed by atoms with E-state index in [9.17, 15) is 9.90 Å². The van der Waals surface area contributed by atoms with E-state index in [1.807, 2.05) is 12.1 Å². The second-order valence-electron chi connectivity index (χ2n) is 8.29. The van der Waals surface area contributed by atoms with Crippen molar-refractivity contribution in [3.05, 3.63) is 36.2 Å². The Labute approximate surface area is 160 Å². The van der Waals surface area contributed by atoms with Gasteiger partial charge in [0.05, 0.1) is 12.1 Å². The molecule has 1 N–H and O–H groups in total. The summed E-state index contributed by atoms with van der Waals surface area (Å²) < 4.78 is 6.09. The zero-order valence-electron chi connectivity index (χ0n) is 16.4. The van der Waals surface area contributed by atoms with E-state index in [1.165, 1.54) is 4.90 Å². The summed E-state index contributed by atoms with van der Waals surface area (Å²) in [4.78, 5) is 21.9. The van der Waals surface area contributed by atoms with Crippen molar-refractivity contribution in [3.8, 4) is 0 Å². The van der Waals surface area contributed by atoms with Crippen LogP contribution in [0, 0.1) is 5.41 Å². The van der Waals surface area contributed by atoms with Crippen LogP contribution in [-0.2, 0) is 11.2 Å². The highest BCUT2D eigenvalue weighted by Gasteiger charge is 2.44. The lowest BCUT2D eigenvalue weighted by atomic mass is 9.84. The minimum Gasteiger partial charge on any atom is -0.465 e. The standard InChI is InChI=1S/C21H29N3O3/c1-21(2,3)18-17(11-13-24(18)20(25)26)27-14-5-4-8-16-10-9-15-7-6-12-22-19(15)23-16/h6-7,9-10,12,17-18H,4-5,8,11,13-14H2,1-3H3,(H,25,26). The first-order valence-electron chi connectivity index (χ1n) is 9.68. The molecule has 27 heavy (non-hydrogen) atoms. The van der Waals surface area contributed by atoms with Crippen LogP contribution in [0.5, 0.6) is 0 Å². The quantitative estimate of drug-likeness (QED) is 0.773. The molecule has 0 radical (unpaired) electrons. The van der Waals surface area contributed by atoms with E-state index in [0.29, 0.717) is 13.2 Å². The predicted molar refractivity (Wildman–Crippen MR) is 105 cm³/mol. The monoisotopic (exact) mass is 371 g/mol. The van der Waals surface area contributed by atoms with Crippen LogP contribution in [0.15, 0.2) is 30.5 Å². The SMILES string of the molecule is CC(C)(C)C1C(OCCCCc2ccc3cccnc3n2)CCN1C(=O)O. The summed E-state index contributed by atoms with van der Waals surface area (Å²) in [7, 11) is 0. The fourth-order valence-electron chi connectivity index (χ4n) is 3.95. The molecule has 3 heterocycles. The Bertz CT molecular complexity index is 788. The topological polar surface area (TPSA) is 75.6 Å². The molecular weight excluding hydrogens is 342 g/mol. The Kier molecular flexibility index (Phi) is 5.95. The lowest BCUT2D eigenvalue weighted by Gasteiger charge is -2.36. The fourth-order valence-corrected chi connectivity index (χ4v) is 3.95. The maximum atomic E-state index is 11.5. The van der Waals surface area contributed by atoms with E-state index < -0.39 is 6.09 Å². The van der Waals surface area contributed by atoms with Crippen LogP contribution >= 0.6 is 0 Å². The van der Waals surface area contributed by atoms with E-state index in [-0.39, 0.29) is 17.6 Å². The average molecular weight is 371 g/mol. The first kappa shape index (κ1) is 19.5. The number of carboxylic acid groups (broad SMARTS) is 1. The smallest absolute Gasteiger partial charge is 0.407 e. The summed E-state index contributed by atoms with van der Waals surface area (Å²) in [6.07, 6.45) is 4.47. The van der Waals surface area contributed by atoms with Crippen molar-refractivity contribution in [1.29, 1.82) is 0 Å². The molecule has 1 fully saturated rings. The largest absolute Gasteiger partial charge is 0.465 e. The summed E-state index contributed by atoms with van der Waals surface area (Å²) in [6.45, 7) is 7.44. The molecule has 0 aromatic carbocycles. The van der Waals surface area contributed by atoms with Gasteiger partial charge in [-0.15, -0.1) is 0 Å². The van der Waals surface area contributed by atoms with Crippen LogP contribution < -0.4 is 0 Å². The Balaban J connectivity index is 1.47. The maximum Gasteiger partial charge on any atom is 0.407 e. The Morgan fingerprint density at radius 1 is 1.30 bits per heavy atom. The highest BCUT2D eigenvalue weighted by molar-refractivity contribution is 5.74. The Morgan fingerprint density at radius 3 is 2.85 bits per heavy atom. The zero-order chi connectivity index (χ0) is 19.4. The van der Waals surface area contributed by atoms with E-state index >= 15 is 0 Å². The lowest BCUT2D eigenvalue weighted by Crippen LogP contribution is -2.48. The van der Waals surface area contributed by atoms with Gasteiger partial charge < -0.3 is 14.7 Å². The molecule has 0 aliphatic carbocycles. The van der Waals surface area contributed by atoms with Crippen molar-refractivity contribution in [1.82, 2.24) is 14.9 Å². The lowest BCUT2D eigenvalue weighted by molar-refractivity contribution is -0.00882. The summed E-state index contributed by atoms with van der Waals surface area (Å²) >= 11 is 0. The number of likely N-dealkylation sites (tertiary alicyclic amines) is 1. The third-order valence-corrected chi connectivity index (χ3v) is 5.16. The van der Waals surface area contributed by atoms with Gasteiger partial charge >= 0.3 is 6.09 Å². The first-order valence-corrected chi connectivity index (χ1v) is 9.68. The number of pyridine rings is 2. The number of hydrogen-bond donors (Lipinski definition) is 1. The number of amides is 1. The normalized spacial score (nSPS) is 20.3. The number of unbranched alkanes of at least 4 members (excludes halogenated alkanes) is 1. The molecule has 1 aliphatic rings. The number of rotatable bonds is 6. The molecular formula is C21H29N3O3. The third kappa shape index (κ3) is 4.75. The van der Waals surface area contributed by atoms with E-state index in [4.69, 9.17) is 4.74 Å². The summed E-state index contributed by atoms with van der Waals surface area (Å²) in [5, 5.41) is 10.5. The van der Waals surface area contributed by atoms with Gasteiger partial charge in [0.1, 0.15) is 0 Å². The predicted octanol–water partition coefficient (Wildman–Crippen LogP) is 4.14. The van der Waals surface area contributed by atoms with E-state index in [1.54, 1.807) is 6.20 Å². The number of fused-ring (bicyclic) bond motifs is 1. The van der Waals surface area contributed by atoms with Crippen LogP contribution in [0.4, 0.5) is 4.79 Å². The summed E-state index contributed by atoms with van der Waals surface area (Å²) in [6, 6.07) is 7.96. The molecule has 1 saturated heterocycles. The van der Waals surface area contributed by atoms with Gasteiger partial charge in [-0.2, -0.15) is 0 Å². The molecule has 2 aromatic heterocycles. The van der Waals surface area contributed by atoms with Crippen LogP contribution in [0.2, 0.25) is 0 Å². The second kappa shape index (κ2) is 8.21. The Morgan fingerprint density at radius 2 is 2.11 bits per heavy atom. The van der Waals surface area contributed by atoms with Crippen molar-refractivity contribution >= 4 is 17.1 Å². The van der Waals surface area contributed by atoms with Gasteiger partial charge in [-0.1, -0.05) is 20.8 Å². The van der Waals surface area contributed by atoms with Gasteiger partial charge in [-0.25, -0.2) is 14.8 Å². The number of carbonyl (C=O) groups is 1. The minimum absolute atomic E-state index is 0.0240. The van der Waals surface area contributed by atoms with Crippen molar-refractivity contribution < 1.29 is 14.6 Å². The molecule has 146 valence electrons. The maximum absolute atomic E-state index is 11.5. The molecule has 2 unspecified atom stereocenters. The molecule has 3 rings (SSSR count). The number of aromatic nitrogens is 2. The number of aryl methyl sites for hydroxylation is 1. The molecule has 2 aromatic rings.